The second kappa shape index (κ2) is 4.63. The van der Waals surface area contributed by atoms with Crippen LogP contribution in [0.5, 0.6) is 0 Å². The first-order valence-corrected chi connectivity index (χ1v) is 7.06. The number of thiophene rings is 1. The average Bonchev–Trinajstić information content (AvgIpc) is 3.09. The SMILES string of the molecule is OC(Cc1ccsc1)c1ccc(C2CC2)cc1. The second-order valence-corrected chi connectivity index (χ2v) is 5.57. The molecule has 1 saturated carbocycles. The van der Waals surface area contributed by atoms with E-state index in [9.17, 15) is 5.11 Å². The van der Waals surface area contributed by atoms with Crippen molar-refractivity contribution in [1.29, 1.82) is 0 Å². The Morgan fingerprint density at radius 1 is 1.18 bits per heavy atom. The molecule has 0 aliphatic heterocycles. The molecule has 0 bridgehead atoms. The summed E-state index contributed by atoms with van der Waals surface area (Å²) in [4.78, 5) is 0. The fourth-order valence-electron chi connectivity index (χ4n) is 2.16. The lowest BCUT2D eigenvalue weighted by molar-refractivity contribution is 0.178. The Morgan fingerprint density at radius 3 is 2.53 bits per heavy atom. The summed E-state index contributed by atoms with van der Waals surface area (Å²) in [5.41, 5.74) is 3.67. The van der Waals surface area contributed by atoms with Crippen LogP contribution in [0.15, 0.2) is 41.1 Å². The summed E-state index contributed by atoms with van der Waals surface area (Å²) in [5.74, 6) is 0.790. The van der Waals surface area contributed by atoms with Gasteiger partial charge in [-0.2, -0.15) is 11.3 Å². The largest absolute Gasteiger partial charge is 0.388 e. The van der Waals surface area contributed by atoms with Gasteiger partial charge in [0.2, 0.25) is 0 Å². The minimum atomic E-state index is -0.377. The quantitative estimate of drug-likeness (QED) is 0.864. The van der Waals surface area contributed by atoms with Crippen molar-refractivity contribution in [2.24, 2.45) is 0 Å². The van der Waals surface area contributed by atoms with Crippen molar-refractivity contribution in [2.45, 2.75) is 31.3 Å². The maximum atomic E-state index is 10.1. The van der Waals surface area contributed by atoms with E-state index in [0.29, 0.717) is 6.42 Å². The van der Waals surface area contributed by atoms with E-state index in [1.807, 2.05) is 0 Å². The zero-order valence-corrected chi connectivity index (χ0v) is 10.5. The van der Waals surface area contributed by atoms with Crippen molar-refractivity contribution in [3.8, 4) is 0 Å². The van der Waals surface area contributed by atoms with Crippen molar-refractivity contribution >= 4 is 11.3 Å². The van der Waals surface area contributed by atoms with Crippen LogP contribution in [0.1, 0.15) is 41.6 Å². The Labute approximate surface area is 106 Å². The van der Waals surface area contributed by atoms with Gasteiger partial charge in [-0.1, -0.05) is 24.3 Å². The maximum Gasteiger partial charge on any atom is 0.0830 e. The highest BCUT2D eigenvalue weighted by Crippen LogP contribution is 2.40. The third kappa shape index (κ3) is 2.59. The van der Waals surface area contributed by atoms with Gasteiger partial charge in [0.25, 0.3) is 0 Å². The molecule has 1 fully saturated rings. The van der Waals surface area contributed by atoms with Crippen LogP contribution in [0.25, 0.3) is 0 Å². The number of aliphatic hydroxyl groups excluding tert-OH is 1. The summed E-state index contributed by atoms with van der Waals surface area (Å²) in [5, 5.41) is 14.3. The van der Waals surface area contributed by atoms with Gasteiger partial charge in [-0.15, -0.1) is 0 Å². The molecule has 17 heavy (non-hydrogen) atoms. The predicted octanol–water partition coefficient (Wildman–Crippen LogP) is 3.90. The molecule has 1 aromatic carbocycles. The molecule has 3 rings (SSSR count). The molecule has 88 valence electrons. The minimum absolute atomic E-state index is 0.377. The Bertz CT molecular complexity index is 468. The molecular formula is C15H16OS. The third-order valence-corrected chi connectivity index (χ3v) is 4.11. The highest BCUT2D eigenvalue weighted by atomic mass is 32.1. The van der Waals surface area contributed by atoms with E-state index in [1.54, 1.807) is 11.3 Å². The smallest absolute Gasteiger partial charge is 0.0830 e. The van der Waals surface area contributed by atoms with Crippen LogP contribution in [0.2, 0.25) is 0 Å². The first-order chi connectivity index (χ1) is 8.33. The zero-order chi connectivity index (χ0) is 11.7. The van der Waals surface area contributed by atoms with E-state index < -0.39 is 0 Å². The summed E-state index contributed by atoms with van der Waals surface area (Å²) >= 11 is 1.68. The van der Waals surface area contributed by atoms with Crippen molar-refractivity contribution in [3.05, 3.63) is 57.8 Å². The van der Waals surface area contributed by atoms with E-state index in [4.69, 9.17) is 0 Å². The maximum absolute atomic E-state index is 10.1. The number of hydrogen-bond donors (Lipinski definition) is 1. The van der Waals surface area contributed by atoms with Crippen LogP contribution in [-0.2, 0) is 6.42 Å². The molecule has 0 radical (unpaired) electrons. The van der Waals surface area contributed by atoms with Crippen molar-refractivity contribution < 1.29 is 5.11 Å². The van der Waals surface area contributed by atoms with Crippen LogP contribution in [0, 0.1) is 0 Å². The fourth-order valence-corrected chi connectivity index (χ4v) is 2.84. The molecule has 1 N–H and O–H groups in total. The molecule has 1 nitrogen and oxygen atoms in total. The highest BCUT2D eigenvalue weighted by molar-refractivity contribution is 7.07. The van der Waals surface area contributed by atoms with Gasteiger partial charge in [-0.25, -0.2) is 0 Å². The molecule has 1 heterocycles. The Kier molecular flexibility index (Phi) is 3.00. The van der Waals surface area contributed by atoms with Crippen molar-refractivity contribution in [2.75, 3.05) is 0 Å². The van der Waals surface area contributed by atoms with Gasteiger partial charge in [-0.3, -0.25) is 0 Å². The minimum Gasteiger partial charge on any atom is -0.388 e. The van der Waals surface area contributed by atoms with Gasteiger partial charge in [0.1, 0.15) is 0 Å². The first-order valence-electron chi connectivity index (χ1n) is 6.12. The normalized spacial score (nSPS) is 17.0. The Balaban J connectivity index is 1.70. The lowest BCUT2D eigenvalue weighted by atomic mass is 10.0. The third-order valence-electron chi connectivity index (χ3n) is 3.38. The molecule has 1 aliphatic carbocycles. The molecule has 1 unspecified atom stereocenters. The zero-order valence-electron chi connectivity index (χ0n) is 9.67. The van der Waals surface area contributed by atoms with Gasteiger partial charge < -0.3 is 5.11 Å². The molecule has 1 aromatic heterocycles. The highest BCUT2D eigenvalue weighted by Gasteiger charge is 2.23. The summed E-state index contributed by atoms with van der Waals surface area (Å²) in [7, 11) is 0. The van der Waals surface area contributed by atoms with Crippen molar-refractivity contribution in [1.82, 2.24) is 0 Å². The number of hydrogen-bond acceptors (Lipinski definition) is 2. The molecule has 2 aromatic rings. The number of rotatable bonds is 4. The van der Waals surface area contributed by atoms with Crippen LogP contribution >= 0.6 is 11.3 Å². The van der Waals surface area contributed by atoms with Crippen LogP contribution in [0.3, 0.4) is 0 Å². The van der Waals surface area contributed by atoms with Crippen molar-refractivity contribution in [3.63, 3.8) is 0 Å². The van der Waals surface area contributed by atoms with E-state index in [1.165, 1.54) is 24.0 Å². The Morgan fingerprint density at radius 2 is 1.94 bits per heavy atom. The van der Waals surface area contributed by atoms with E-state index in [2.05, 4.69) is 41.1 Å². The van der Waals surface area contributed by atoms with E-state index in [-0.39, 0.29) is 6.10 Å². The first kappa shape index (κ1) is 11.0. The van der Waals surface area contributed by atoms with Crippen LogP contribution in [0.4, 0.5) is 0 Å². The molecule has 0 spiro atoms. The van der Waals surface area contributed by atoms with Gasteiger partial charge in [-0.05, 0) is 52.3 Å². The number of benzene rings is 1. The summed E-state index contributed by atoms with van der Waals surface area (Å²) < 4.78 is 0. The molecule has 2 heteroatoms. The van der Waals surface area contributed by atoms with Gasteiger partial charge in [0.05, 0.1) is 6.10 Å². The van der Waals surface area contributed by atoms with Crippen LogP contribution < -0.4 is 0 Å². The van der Waals surface area contributed by atoms with E-state index >= 15 is 0 Å². The molecule has 0 saturated heterocycles. The molecule has 0 amide bonds. The summed E-state index contributed by atoms with van der Waals surface area (Å²) in [6.07, 6.45) is 3.00. The Hall–Kier alpha value is -1.12. The van der Waals surface area contributed by atoms with Gasteiger partial charge >= 0.3 is 0 Å². The van der Waals surface area contributed by atoms with Gasteiger partial charge in [0, 0.05) is 6.42 Å². The molecule has 1 aliphatic rings. The number of aliphatic hydroxyl groups is 1. The second-order valence-electron chi connectivity index (χ2n) is 4.79. The molecule has 1 atom stereocenters. The topological polar surface area (TPSA) is 20.2 Å². The summed E-state index contributed by atoms with van der Waals surface area (Å²) in [6, 6.07) is 10.6. The van der Waals surface area contributed by atoms with Crippen LogP contribution in [-0.4, -0.2) is 5.11 Å². The average molecular weight is 244 g/mol. The molecular weight excluding hydrogens is 228 g/mol. The lowest BCUT2D eigenvalue weighted by Gasteiger charge is -2.10. The summed E-state index contributed by atoms with van der Waals surface area (Å²) in [6.45, 7) is 0. The lowest BCUT2D eigenvalue weighted by Crippen LogP contribution is -2.00. The fraction of sp³-hybridized carbons (Fsp3) is 0.333. The monoisotopic (exact) mass is 244 g/mol. The van der Waals surface area contributed by atoms with Gasteiger partial charge in [0.15, 0.2) is 0 Å². The van der Waals surface area contributed by atoms with E-state index in [0.717, 1.165) is 11.5 Å². The standard InChI is InChI=1S/C15H16OS/c16-15(9-11-7-8-17-10-11)14-5-3-13(4-6-14)12-1-2-12/h3-8,10,12,15-16H,1-2,9H2. The predicted molar refractivity (Wildman–Crippen MR) is 71.4 cm³/mol.